The number of hydrogen-bond acceptors (Lipinski definition) is 5. The summed E-state index contributed by atoms with van der Waals surface area (Å²) in [5.74, 6) is 0.274. The molecule has 1 unspecified atom stereocenters. The Labute approximate surface area is 177 Å². The van der Waals surface area contributed by atoms with Gasteiger partial charge in [-0.2, -0.15) is 0 Å². The fourth-order valence-electron chi connectivity index (χ4n) is 3.38. The Hall–Kier alpha value is -3.45. The first kappa shape index (κ1) is 19.8. The Kier molecular flexibility index (Phi) is 5.63. The van der Waals surface area contributed by atoms with Crippen molar-refractivity contribution in [3.63, 3.8) is 0 Å². The van der Waals surface area contributed by atoms with Crippen molar-refractivity contribution in [1.82, 2.24) is 9.55 Å². The summed E-state index contributed by atoms with van der Waals surface area (Å²) in [4.78, 5) is 32.2. The number of ether oxygens (including phenoxy) is 1. The van der Waals surface area contributed by atoms with Gasteiger partial charge in [0.05, 0.1) is 24.5 Å². The van der Waals surface area contributed by atoms with Gasteiger partial charge in [-0.05, 0) is 30.2 Å². The molecular weight excluding hydrogens is 398 g/mol. The second kappa shape index (κ2) is 8.51. The highest BCUT2D eigenvalue weighted by atomic mass is 32.1. The topological polar surface area (TPSA) is 73.2 Å². The molecule has 0 aliphatic heterocycles. The fraction of sp³-hybridized carbons (Fsp3) is 0.174. The highest BCUT2D eigenvalue weighted by Crippen LogP contribution is 2.31. The number of thiophene rings is 1. The molecule has 4 rings (SSSR count). The number of nitrogens with zero attached hydrogens (tertiary/aromatic N) is 2. The van der Waals surface area contributed by atoms with E-state index in [0.29, 0.717) is 28.1 Å². The molecule has 0 saturated heterocycles. The predicted molar refractivity (Wildman–Crippen MR) is 120 cm³/mol. The lowest BCUT2D eigenvalue weighted by Gasteiger charge is -2.18. The maximum atomic E-state index is 13.2. The first-order valence-corrected chi connectivity index (χ1v) is 10.4. The number of rotatable bonds is 6. The van der Waals surface area contributed by atoms with Crippen molar-refractivity contribution < 1.29 is 9.53 Å². The van der Waals surface area contributed by atoms with E-state index in [9.17, 15) is 9.59 Å². The molecule has 2 heterocycles. The van der Waals surface area contributed by atoms with Crippen LogP contribution in [0, 0.1) is 0 Å². The zero-order valence-electron chi connectivity index (χ0n) is 16.7. The first-order valence-electron chi connectivity index (χ1n) is 9.62. The number of aromatic nitrogens is 2. The molecule has 0 saturated carbocycles. The highest BCUT2D eigenvalue weighted by Gasteiger charge is 2.22. The Balaban J connectivity index is 1.69. The van der Waals surface area contributed by atoms with Crippen LogP contribution in [-0.4, -0.2) is 22.6 Å². The minimum atomic E-state index is -0.681. The van der Waals surface area contributed by atoms with Crippen molar-refractivity contribution in [2.75, 3.05) is 12.4 Å². The van der Waals surface area contributed by atoms with E-state index in [2.05, 4.69) is 10.3 Å². The summed E-state index contributed by atoms with van der Waals surface area (Å²) in [6.07, 6.45) is 1.91. The van der Waals surface area contributed by atoms with Crippen LogP contribution in [0.1, 0.15) is 19.4 Å². The highest BCUT2D eigenvalue weighted by molar-refractivity contribution is 7.21. The summed E-state index contributed by atoms with van der Waals surface area (Å²) in [5, 5.41) is 3.39. The molecular formula is C23H21N3O3S. The standard InChI is InChI=1S/C23H21N3O3S/c1-3-18(21(27)25-17-11-7-8-12-19(17)29-2)26-14-24-22-16(23(26)28)13-20(30-22)15-9-5-4-6-10-15/h4-14,18H,3H2,1-2H3,(H,25,27). The summed E-state index contributed by atoms with van der Waals surface area (Å²) in [7, 11) is 1.55. The van der Waals surface area contributed by atoms with E-state index in [-0.39, 0.29) is 11.5 Å². The largest absolute Gasteiger partial charge is 0.495 e. The quantitative estimate of drug-likeness (QED) is 0.491. The molecule has 2 aromatic heterocycles. The van der Waals surface area contributed by atoms with Crippen LogP contribution in [-0.2, 0) is 4.79 Å². The van der Waals surface area contributed by atoms with E-state index in [1.165, 1.54) is 22.2 Å². The number of anilines is 1. The molecule has 1 atom stereocenters. The maximum absolute atomic E-state index is 13.2. The van der Waals surface area contributed by atoms with Gasteiger partial charge in [0.25, 0.3) is 5.56 Å². The number of methoxy groups -OCH3 is 1. The van der Waals surface area contributed by atoms with Crippen molar-refractivity contribution in [2.24, 2.45) is 0 Å². The zero-order valence-corrected chi connectivity index (χ0v) is 17.5. The molecule has 0 fully saturated rings. The molecule has 1 amide bonds. The Morgan fingerprint density at radius 3 is 2.63 bits per heavy atom. The summed E-state index contributed by atoms with van der Waals surface area (Å²) in [6, 6.07) is 18.2. The lowest BCUT2D eigenvalue weighted by molar-refractivity contribution is -0.119. The normalized spacial score (nSPS) is 11.9. The second-order valence-electron chi connectivity index (χ2n) is 6.77. The average molecular weight is 420 g/mol. The SMILES string of the molecule is CCC(C(=O)Nc1ccccc1OC)n1cnc2sc(-c3ccccc3)cc2c1=O. The third kappa shape index (κ3) is 3.71. The monoisotopic (exact) mass is 419 g/mol. The fourth-order valence-corrected chi connectivity index (χ4v) is 4.37. The number of para-hydroxylation sites is 2. The lowest BCUT2D eigenvalue weighted by atomic mass is 10.1. The molecule has 4 aromatic rings. The predicted octanol–water partition coefficient (Wildman–Crippen LogP) is 4.72. The van der Waals surface area contributed by atoms with E-state index in [4.69, 9.17) is 4.74 Å². The van der Waals surface area contributed by atoms with E-state index < -0.39 is 6.04 Å². The summed E-state index contributed by atoms with van der Waals surface area (Å²) >= 11 is 1.47. The zero-order chi connectivity index (χ0) is 21.1. The van der Waals surface area contributed by atoms with Gasteiger partial charge in [-0.15, -0.1) is 11.3 Å². The molecule has 6 nitrogen and oxygen atoms in total. The summed E-state index contributed by atoms with van der Waals surface area (Å²) in [6.45, 7) is 1.87. The van der Waals surface area contributed by atoms with Crippen LogP contribution in [0.5, 0.6) is 5.75 Å². The van der Waals surface area contributed by atoms with Gasteiger partial charge in [0, 0.05) is 4.88 Å². The Morgan fingerprint density at radius 2 is 1.90 bits per heavy atom. The minimum Gasteiger partial charge on any atom is -0.495 e. The summed E-state index contributed by atoms with van der Waals surface area (Å²) < 4.78 is 6.71. The molecule has 0 aliphatic rings. The maximum Gasteiger partial charge on any atom is 0.262 e. The van der Waals surface area contributed by atoms with Crippen LogP contribution in [0.15, 0.2) is 71.8 Å². The average Bonchev–Trinajstić information content (AvgIpc) is 3.22. The number of benzene rings is 2. The first-order chi connectivity index (χ1) is 14.6. The second-order valence-corrected chi connectivity index (χ2v) is 7.80. The van der Waals surface area contributed by atoms with E-state index >= 15 is 0 Å². The van der Waals surface area contributed by atoms with E-state index in [0.717, 1.165) is 10.4 Å². The number of nitrogens with one attached hydrogen (secondary N) is 1. The number of carbonyl (C=O) groups excluding carboxylic acids is 1. The van der Waals surface area contributed by atoms with Crippen LogP contribution < -0.4 is 15.6 Å². The smallest absolute Gasteiger partial charge is 0.262 e. The van der Waals surface area contributed by atoms with Gasteiger partial charge in [0.1, 0.15) is 16.6 Å². The van der Waals surface area contributed by atoms with E-state index in [1.54, 1.807) is 19.2 Å². The third-order valence-electron chi connectivity index (χ3n) is 4.93. The van der Waals surface area contributed by atoms with Crippen molar-refractivity contribution in [3.8, 4) is 16.2 Å². The van der Waals surface area contributed by atoms with Gasteiger partial charge in [-0.25, -0.2) is 4.98 Å². The summed E-state index contributed by atoms with van der Waals surface area (Å²) in [5.41, 5.74) is 1.38. The number of carbonyl (C=O) groups is 1. The molecule has 0 bridgehead atoms. The molecule has 30 heavy (non-hydrogen) atoms. The van der Waals surface area contributed by atoms with Crippen LogP contribution in [0.3, 0.4) is 0 Å². The van der Waals surface area contributed by atoms with Crippen molar-refractivity contribution in [2.45, 2.75) is 19.4 Å². The van der Waals surface area contributed by atoms with Crippen LogP contribution in [0.4, 0.5) is 5.69 Å². The van der Waals surface area contributed by atoms with Crippen molar-refractivity contribution >= 4 is 33.1 Å². The van der Waals surface area contributed by atoms with Gasteiger partial charge < -0.3 is 10.1 Å². The molecule has 0 spiro atoms. The van der Waals surface area contributed by atoms with Gasteiger partial charge in [-0.1, -0.05) is 49.4 Å². The van der Waals surface area contributed by atoms with Crippen molar-refractivity contribution in [3.05, 3.63) is 77.3 Å². The van der Waals surface area contributed by atoms with Crippen LogP contribution in [0.2, 0.25) is 0 Å². The van der Waals surface area contributed by atoms with Gasteiger partial charge in [-0.3, -0.25) is 14.2 Å². The molecule has 152 valence electrons. The van der Waals surface area contributed by atoms with Crippen LogP contribution >= 0.6 is 11.3 Å². The number of fused-ring (bicyclic) bond motifs is 1. The molecule has 0 aliphatic carbocycles. The molecule has 0 radical (unpaired) electrons. The van der Waals surface area contributed by atoms with Gasteiger partial charge in [0.15, 0.2) is 0 Å². The number of amides is 1. The molecule has 2 aromatic carbocycles. The Bertz CT molecular complexity index is 1250. The lowest BCUT2D eigenvalue weighted by Crippen LogP contribution is -2.33. The molecule has 1 N–H and O–H groups in total. The van der Waals surface area contributed by atoms with Gasteiger partial charge in [0.2, 0.25) is 5.91 Å². The van der Waals surface area contributed by atoms with Crippen LogP contribution in [0.25, 0.3) is 20.7 Å². The number of hydrogen-bond donors (Lipinski definition) is 1. The van der Waals surface area contributed by atoms with E-state index in [1.807, 2.05) is 55.5 Å². The van der Waals surface area contributed by atoms with Crippen molar-refractivity contribution in [1.29, 1.82) is 0 Å². The third-order valence-corrected chi connectivity index (χ3v) is 6.02. The Morgan fingerprint density at radius 1 is 1.17 bits per heavy atom. The molecule has 7 heteroatoms. The minimum absolute atomic E-state index is 0.222. The van der Waals surface area contributed by atoms with Gasteiger partial charge >= 0.3 is 0 Å².